The van der Waals surface area contributed by atoms with Crippen LogP contribution in [0.5, 0.6) is 5.75 Å². The summed E-state index contributed by atoms with van der Waals surface area (Å²) in [4.78, 5) is 12.0. The van der Waals surface area contributed by atoms with Crippen molar-refractivity contribution in [3.63, 3.8) is 0 Å². The Morgan fingerprint density at radius 3 is 2.29 bits per heavy atom. The molecule has 1 aromatic rings. The molecule has 0 amide bonds. The smallest absolute Gasteiger partial charge is 0.370 e. The Balaban J connectivity index is 2.68. The first-order chi connectivity index (χ1) is 11.4. The molecule has 0 heterocycles. The third-order valence-electron chi connectivity index (χ3n) is 2.83. The van der Waals surface area contributed by atoms with Crippen molar-refractivity contribution in [1.29, 1.82) is 0 Å². The lowest BCUT2D eigenvalue weighted by molar-refractivity contribution is -0.148. The van der Waals surface area contributed by atoms with Gasteiger partial charge in [0.25, 0.3) is 0 Å². The molecule has 0 aromatic heterocycles. The van der Waals surface area contributed by atoms with Crippen LogP contribution in [0.4, 0.5) is 0 Å². The first kappa shape index (κ1) is 21.3. The molecular weight excluding hydrogens is 378 g/mol. The molecule has 0 saturated heterocycles. The van der Waals surface area contributed by atoms with E-state index in [1.54, 1.807) is 32.9 Å². The zero-order valence-electron chi connectivity index (χ0n) is 13.8. The SMILES string of the molecule is CCOP(=O)(OCC)C(CC)OC(=O)COc1ccc(Cl)cc1Cl. The van der Waals surface area contributed by atoms with Gasteiger partial charge in [0.2, 0.25) is 5.85 Å². The third-order valence-corrected chi connectivity index (χ3v) is 5.77. The largest absolute Gasteiger partial charge is 0.480 e. The normalized spacial score (nSPS) is 12.7. The standard InChI is InChI=1S/C15H21Cl2O6P/c1-4-15(24(19,21-5-2)22-6-3)23-14(18)10-20-13-8-7-11(16)9-12(13)17/h7-9,15H,4-6,10H2,1-3H3. The van der Waals surface area contributed by atoms with Gasteiger partial charge < -0.3 is 18.5 Å². The van der Waals surface area contributed by atoms with Crippen molar-refractivity contribution in [3.8, 4) is 5.75 Å². The molecule has 6 nitrogen and oxygen atoms in total. The first-order valence-electron chi connectivity index (χ1n) is 7.52. The molecular formula is C15H21Cl2O6P. The lowest BCUT2D eigenvalue weighted by Crippen LogP contribution is -2.24. The lowest BCUT2D eigenvalue weighted by Gasteiger charge is -2.25. The van der Waals surface area contributed by atoms with Gasteiger partial charge in [-0.25, -0.2) is 4.79 Å². The van der Waals surface area contributed by atoms with Gasteiger partial charge in [0, 0.05) is 5.02 Å². The Kier molecular flexibility index (Phi) is 9.09. The van der Waals surface area contributed by atoms with Crippen molar-refractivity contribution >= 4 is 36.8 Å². The monoisotopic (exact) mass is 398 g/mol. The zero-order chi connectivity index (χ0) is 18.2. The second kappa shape index (κ2) is 10.3. The van der Waals surface area contributed by atoms with E-state index in [9.17, 15) is 9.36 Å². The molecule has 0 saturated carbocycles. The van der Waals surface area contributed by atoms with Crippen LogP contribution in [-0.4, -0.2) is 31.6 Å². The average molecular weight is 399 g/mol. The maximum absolute atomic E-state index is 12.6. The fraction of sp³-hybridized carbons (Fsp3) is 0.533. The number of ether oxygens (including phenoxy) is 2. The second-order valence-corrected chi connectivity index (χ2v) is 7.61. The van der Waals surface area contributed by atoms with Crippen LogP contribution in [-0.2, 0) is 23.1 Å². The van der Waals surface area contributed by atoms with Gasteiger partial charge in [0.1, 0.15) is 5.75 Å². The number of halogens is 2. The number of benzene rings is 1. The minimum Gasteiger partial charge on any atom is -0.480 e. The summed E-state index contributed by atoms with van der Waals surface area (Å²) in [6.07, 6.45) is 0.282. The molecule has 1 atom stereocenters. The molecule has 0 spiro atoms. The minimum absolute atomic E-state index is 0.183. The summed E-state index contributed by atoms with van der Waals surface area (Å²) in [5.74, 6) is -1.40. The zero-order valence-corrected chi connectivity index (χ0v) is 16.2. The summed E-state index contributed by atoms with van der Waals surface area (Å²) in [6.45, 7) is 5.07. The molecule has 0 aliphatic heterocycles. The van der Waals surface area contributed by atoms with Crippen LogP contribution in [0.25, 0.3) is 0 Å². The number of carbonyl (C=O) groups excluding carboxylic acids is 1. The lowest BCUT2D eigenvalue weighted by atomic mass is 10.3. The predicted octanol–water partition coefficient (Wildman–Crippen LogP) is 4.92. The van der Waals surface area contributed by atoms with Crippen LogP contribution >= 0.6 is 30.8 Å². The molecule has 0 N–H and O–H groups in total. The molecule has 1 rings (SSSR count). The Hall–Kier alpha value is -0.780. The Labute approximate surface area is 151 Å². The summed E-state index contributed by atoms with van der Waals surface area (Å²) in [6, 6.07) is 4.62. The first-order valence-corrected chi connectivity index (χ1v) is 9.89. The van der Waals surface area contributed by atoms with Crippen molar-refractivity contribution in [2.45, 2.75) is 33.0 Å². The molecule has 136 valence electrons. The number of carbonyl (C=O) groups is 1. The molecule has 9 heteroatoms. The highest BCUT2D eigenvalue weighted by Crippen LogP contribution is 2.54. The number of esters is 1. The molecule has 1 unspecified atom stereocenters. The topological polar surface area (TPSA) is 71.1 Å². The highest BCUT2D eigenvalue weighted by molar-refractivity contribution is 7.54. The van der Waals surface area contributed by atoms with Gasteiger partial charge in [-0.05, 0) is 38.5 Å². The fourth-order valence-corrected chi connectivity index (χ4v) is 4.13. The van der Waals surface area contributed by atoms with Crippen molar-refractivity contribution in [1.82, 2.24) is 0 Å². The van der Waals surface area contributed by atoms with Crippen LogP contribution in [0, 0.1) is 0 Å². The predicted molar refractivity (Wildman–Crippen MR) is 93.0 cm³/mol. The van der Waals surface area contributed by atoms with Gasteiger partial charge in [-0.1, -0.05) is 30.1 Å². The van der Waals surface area contributed by atoms with Gasteiger partial charge in [0.15, 0.2) is 6.61 Å². The van der Waals surface area contributed by atoms with E-state index in [0.29, 0.717) is 10.8 Å². The molecule has 1 aromatic carbocycles. The van der Waals surface area contributed by atoms with E-state index in [4.69, 9.17) is 41.7 Å². The van der Waals surface area contributed by atoms with Gasteiger partial charge >= 0.3 is 13.6 Å². The van der Waals surface area contributed by atoms with Crippen molar-refractivity contribution < 1.29 is 27.9 Å². The van der Waals surface area contributed by atoms with E-state index < -0.39 is 26.0 Å². The van der Waals surface area contributed by atoms with E-state index >= 15 is 0 Å². The van der Waals surface area contributed by atoms with E-state index in [2.05, 4.69) is 0 Å². The molecule has 24 heavy (non-hydrogen) atoms. The van der Waals surface area contributed by atoms with E-state index in [1.165, 1.54) is 6.07 Å². The summed E-state index contributed by atoms with van der Waals surface area (Å²) in [7, 11) is -3.54. The minimum atomic E-state index is -3.54. The fourth-order valence-electron chi connectivity index (χ4n) is 1.85. The van der Waals surface area contributed by atoms with Crippen LogP contribution < -0.4 is 4.74 Å². The quantitative estimate of drug-likeness (QED) is 0.411. The molecule has 0 radical (unpaired) electrons. The maximum atomic E-state index is 12.6. The van der Waals surface area contributed by atoms with Gasteiger partial charge in [-0.3, -0.25) is 4.57 Å². The summed E-state index contributed by atoms with van der Waals surface area (Å²) >= 11 is 11.7. The molecule has 0 aliphatic rings. The van der Waals surface area contributed by atoms with E-state index in [0.717, 1.165) is 0 Å². The third kappa shape index (κ3) is 6.26. The summed E-state index contributed by atoms with van der Waals surface area (Å²) in [5.41, 5.74) is 0. The average Bonchev–Trinajstić information content (AvgIpc) is 2.52. The number of rotatable bonds is 10. The van der Waals surface area contributed by atoms with Gasteiger partial charge in [-0.15, -0.1) is 0 Å². The summed E-state index contributed by atoms with van der Waals surface area (Å²) in [5, 5.41) is 0.729. The maximum Gasteiger partial charge on any atom is 0.370 e. The Morgan fingerprint density at radius 1 is 1.17 bits per heavy atom. The molecule has 0 fully saturated rings. The van der Waals surface area contributed by atoms with Crippen LogP contribution in [0.2, 0.25) is 10.0 Å². The Morgan fingerprint density at radius 2 is 1.79 bits per heavy atom. The van der Waals surface area contributed by atoms with Gasteiger partial charge in [0.05, 0.1) is 18.2 Å². The highest BCUT2D eigenvalue weighted by atomic mass is 35.5. The van der Waals surface area contributed by atoms with Crippen molar-refractivity contribution in [2.24, 2.45) is 0 Å². The highest BCUT2D eigenvalue weighted by Gasteiger charge is 2.37. The van der Waals surface area contributed by atoms with Gasteiger partial charge in [-0.2, -0.15) is 0 Å². The molecule has 0 bridgehead atoms. The Bertz CT molecular complexity index is 585. The van der Waals surface area contributed by atoms with Crippen molar-refractivity contribution in [3.05, 3.63) is 28.2 Å². The van der Waals surface area contributed by atoms with E-state index in [1.807, 2.05) is 0 Å². The summed E-state index contributed by atoms with van der Waals surface area (Å²) < 4.78 is 33.5. The van der Waals surface area contributed by atoms with E-state index in [-0.39, 0.29) is 24.7 Å². The number of hydrogen-bond donors (Lipinski definition) is 0. The van der Waals surface area contributed by atoms with Crippen LogP contribution in [0.1, 0.15) is 27.2 Å². The van der Waals surface area contributed by atoms with Crippen molar-refractivity contribution in [2.75, 3.05) is 19.8 Å². The number of hydrogen-bond acceptors (Lipinski definition) is 6. The van der Waals surface area contributed by atoms with Crippen LogP contribution in [0.15, 0.2) is 18.2 Å². The van der Waals surface area contributed by atoms with Crippen LogP contribution in [0.3, 0.4) is 0 Å². The molecule has 0 aliphatic carbocycles. The second-order valence-electron chi connectivity index (χ2n) is 4.59.